The molecule has 0 aliphatic rings. The van der Waals surface area contributed by atoms with Gasteiger partial charge in [0.2, 0.25) is 0 Å². The number of rotatable bonds is 3. The fourth-order valence-corrected chi connectivity index (χ4v) is 4.06. The molecule has 3 aromatic rings. The van der Waals surface area contributed by atoms with Gasteiger partial charge in [-0.25, -0.2) is 0 Å². The van der Waals surface area contributed by atoms with E-state index in [4.69, 9.17) is 0 Å². The van der Waals surface area contributed by atoms with Gasteiger partial charge in [0.1, 0.15) is 0 Å². The summed E-state index contributed by atoms with van der Waals surface area (Å²) in [4.78, 5) is 4.40. The van der Waals surface area contributed by atoms with Crippen molar-refractivity contribution in [2.24, 2.45) is 0 Å². The average Bonchev–Trinajstić information content (AvgIpc) is 2.46. The van der Waals surface area contributed by atoms with Crippen molar-refractivity contribution >= 4 is 48.5 Å². The molecule has 0 saturated heterocycles. The predicted molar refractivity (Wildman–Crippen MR) is 95.6 cm³/mol. The normalized spacial score (nSPS) is 10.8. The summed E-state index contributed by atoms with van der Waals surface area (Å²) < 4.78 is 2.13. The molecule has 0 bridgehead atoms. The van der Waals surface area contributed by atoms with Gasteiger partial charge in [-0.1, -0.05) is 18.2 Å². The molecule has 4 heteroatoms. The number of hydrogen-bond acceptors (Lipinski definition) is 2. The van der Waals surface area contributed by atoms with Crippen LogP contribution in [0.15, 0.2) is 57.6 Å². The largest absolute Gasteiger partial charge is 0.379 e. The summed E-state index contributed by atoms with van der Waals surface area (Å²) in [5, 5.41) is 4.68. The maximum atomic E-state index is 4.40. The molecule has 0 unspecified atom stereocenters. The Kier molecular flexibility index (Phi) is 4.27. The molecule has 3 rings (SSSR count). The molecule has 0 spiro atoms. The minimum atomic E-state index is 0.753. The molecule has 0 radical (unpaired) electrons. The molecule has 106 valence electrons. The Balaban J connectivity index is 1.91. The van der Waals surface area contributed by atoms with Gasteiger partial charge in [0.05, 0.1) is 11.2 Å². The van der Waals surface area contributed by atoms with Crippen molar-refractivity contribution in [2.45, 2.75) is 13.5 Å². The van der Waals surface area contributed by atoms with Crippen LogP contribution in [0.2, 0.25) is 0 Å². The molecule has 1 N–H and O–H groups in total. The van der Waals surface area contributed by atoms with Crippen molar-refractivity contribution in [1.29, 1.82) is 0 Å². The van der Waals surface area contributed by atoms with Crippen molar-refractivity contribution in [3.63, 3.8) is 0 Å². The SMILES string of the molecule is Cc1cc(Br)c(NCc2ccnc3ccccc23)c(Br)c1. The molecule has 0 aliphatic heterocycles. The summed E-state index contributed by atoms with van der Waals surface area (Å²) in [6, 6.07) is 14.5. The number of fused-ring (bicyclic) bond motifs is 1. The van der Waals surface area contributed by atoms with Crippen LogP contribution >= 0.6 is 31.9 Å². The third-order valence-electron chi connectivity index (χ3n) is 3.38. The monoisotopic (exact) mass is 404 g/mol. The Bertz CT molecular complexity index is 771. The first-order chi connectivity index (χ1) is 10.1. The van der Waals surface area contributed by atoms with Crippen LogP contribution in [0.4, 0.5) is 5.69 Å². The number of para-hydroxylation sites is 1. The lowest BCUT2D eigenvalue weighted by atomic mass is 10.1. The highest BCUT2D eigenvalue weighted by Gasteiger charge is 2.07. The molecule has 1 heterocycles. The summed E-state index contributed by atoms with van der Waals surface area (Å²) >= 11 is 7.23. The smallest absolute Gasteiger partial charge is 0.0705 e. The van der Waals surface area contributed by atoms with E-state index in [1.807, 2.05) is 24.4 Å². The van der Waals surface area contributed by atoms with Crippen molar-refractivity contribution in [1.82, 2.24) is 4.98 Å². The van der Waals surface area contributed by atoms with Crippen molar-refractivity contribution < 1.29 is 0 Å². The van der Waals surface area contributed by atoms with Gasteiger partial charge in [-0.2, -0.15) is 0 Å². The molecule has 0 fully saturated rings. The lowest BCUT2D eigenvalue weighted by Gasteiger charge is -2.13. The Morgan fingerprint density at radius 3 is 2.52 bits per heavy atom. The minimum Gasteiger partial charge on any atom is -0.379 e. The summed E-state index contributed by atoms with van der Waals surface area (Å²) in [5.41, 5.74) is 4.55. The maximum absolute atomic E-state index is 4.40. The van der Waals surface area contributed by atoms with Crippen molar-refractivity contribution in [2.75, 3.05) is 5.32 Å². The number of nitrogens with zero attached hydrogens (tertiary/aromatic N) is 1. The molecule has 0 saturated carbocycles. The molecular weight excluding hydrogens is 392 g/mol. The van der Waals surface area contributed by atoms with E-state index in [9.17, 15) is 0 Å². The number of nitrogens with one attached hydrogen (secondary N) is 1. The second-order valence-corrected chi connectivity index (χ2v) is 6.65. The van der Waals surface area contributed by atoms with Crippen LogP contribution in [-0.4, -0.2) is 4.98 Å². The fraction of sp³-hybridized carbons (Fsp3) is 0.118. The van der Waals surface area contributed by atoms with Crippen LogP contribution in [0.25, 0.3) is 10.9 Å². The molecule has 2 aromatic carbocycles. The highest BCUT2D eigenvalue weighted by Crippen LogP contribution is 2.33. The second-order valence-electron chi connectivity index (χ2n) is 4.94. The van der Waals surface area contributed by atoms with Gasteiger partial charge in [0.15, 0.2) is 0 Å². The molecule has 0 amide bonds. The molecule has 0 atom stereocenters. The highest BCUT2D eigenvalue weighted by atomic mass is 79.9. The van der Waals surface area contributed by atoms with Crippen LogP contribution < -0.4 is 5.32 Å². The minimum absolute atomic E-state index is 0.753. The first-order valence-electron chi connectivity index (χ1n) is 6.67. The molecule has 21 heavy (non-hydrogen) atoms. The second kappa shape index (κ2) is 6.16. The van der Waals surface area contributed by atoms with E-state index in [2.05, 4.69) is 73.3 Å². The average molecular weight is 406 g/mol. The van der Waals surface area contributed by atoms with Gasteiger partial charge in [-0.3, -0.25) is 4.98 Å². The lowest BCUT2D eigenvalue weighted by Crippen LogP contribution is -2.02. The van der Waals surface area contributed by atoms with E-state index in [1.54, 1.807) is 0 Å². The van der Waals surface area contributed by atoms with Crippen LogP contribution in [0.1, 0.15) is 11.1 Å². The highest BCUT2D eigenvalue weighted by molar-refractivity contribution is 9.11. The zero-order valence-electron chi connectivity index (χ0n) is 11.5. The number of aryl methyl sites for hydroxylation is 1. The number of anilines is 1. The zero-order chi connectivity index (χ0) is 14.8. The molecule has 1 aromatic heterocycles. The van der Waals surface area contributed by atoms with Crippen molar-refractivity contribution in [3.8, 4) is 0 Å². The quantitative estimate of drug-likeness (QED) is 0.606. The third kappa shape index (κ3) is 3.11. The summed E-state index contributed by atoms with van der Waals surface area (Å²) in [6.45, 7) is 2.83. The number of benzene rings is 2. The third-order valence-corrected chi connectivity index (χ3v) is 4.63. The molecule has 0 aliphatic carbocycles. The number of aromatic nitrogens is 1. The van der Waals surface area contributed by atoms with E-state index in [-0.39, 0.29) is 0 Å². The molecule has 2 nitrogen and oxygen atoms in total. The standard InChI is InChI=1S/C17H14Br2N2/c1-11-8-14(18)17(15(19)9-11)21-10-12-6-7-20-16-5-3-2-4-13(12)16/h2-9,21H,10H2,1H3. The number of pyridine rings is 1. The fourth-order valence-electron chi connectivity index (χ4n) is 2.36. The Morgan fingerprint density at radius 1 is 1.05 bits per heavy atom. The predicted octanol–water partition coefficient (Wildman–Crippen LogP) is 5.68. The Labute approximate surface area is 140 Å². The summed E-state index contributed by atoms with van der Waals surface area (Å²) in [6.07, 6.45) is 1.86. The van der Waals surface area contributed by atoms with Crippen LogP contribution in [0, 0.1) is 6.92 Å². The van der Waals surface area contributed by atoms with Gasteiger partial charge >= 0.3 is 0 Å². The van der Waals surface area contributed by atoms with Gasteiger partial charge in [0.25, 0.3) is 0 Å². The Morgan fingerprint density at radius 2 is 1.76 bits per heavy atom. The van der Waals surface area contributed by atoms with Gasteiger partial charge in [-0.05, 0) is 74.2 Å². The van der Waals surface area contributed by atoms with Gasteiger partial charge < -0.3 is 5.32 Å². The summed E-state index contributed by atoms with van der Waals surface area (Å²) in [7, 11) is 0. The zero-order valence-corrected chi connectivity index (χ0v) is 14.7. The van der Waals surface area contributed by atoms with Gasteiger partial charge in [0, 0.05) is 27.1 Å². The first kappa shape index (κ1) is 14.5. The van der Waals surface area contributed by atoms with E-state index in [0.717, 1.165) is 26.7 Å². The van der Waals surface area contributed by atoms with Crippen LogP contribution in [-0.2, 0) is 6.54 Å². The van der Waals surface area contributed by atoms with Crippen LogP contribution in [0.3, 0.4) is 0 Å². The number of hydrogen-bond donors (Lipinski definition) is 1. The van der Waals surface area contributed by atoms with Crippen LogP contribution in [0.5, 0.6) is 0 Å². The summed E-state index contributed by atoms with van der Waals surface area (Å²) in [5.74, 6) is 0. The Hall–Kier alpha value is -1.39. The van der Waals surface area contributed by atoms with Crippen molar-refractivity contribution in [3.05, 3.63) is 68.7 Å². The maximum Gasteiger partial charge on any atom is 0.0705 e. The topological polar surface area (TPSA) is 24.9 Å². The first-order valence-corrected chi connectivity index (χ1v) is 8.26. The van der Waals surface area contributed by atoms with E-state index >= 15 is 0 Å². The van der Waals surface area contributed by atoms with E-state index < -0.39 is 0 Å². The van der Waals surface area contributed by atoms with E-state index in [0.29, 0.717) is 0 Å². The van der Waals surface area contributed by atoms with E-state index in [1.165, 1.54) is 16.5 Å². The molecular formula is C17H14Br2N2. The number of halogens is 2. The lowest BCUT2D eigenvalue weighted by molar-refractivity contribution is 1.15. The van der Waals surface area contributed by atoms with Gasteiger partial charge in [-0.15, -0.1) is 0 Å².